The van der Waals surface area contributed by atoms with Gasteiger partial charge in [-0.1, -0.05) is 0 Å². The topological polar surface area (TPSA) is 60.8 Å². The number of nitrogens with two attached hydrogens (primary N) is 2. The van der Waals surface area contributed by atoms with Crippen LogP contribution in [-0.4, -0.2) is 12.1 Å². The van der Waals surface area contributed by atoms with E-state index in [2.05, 4.69) is 0 Å². The zero-order chi connectivity index (χ0) is 5.86. The molecule has 0 rings (SSSR count). The van der Waals surface area contributed by atoms with Gasteiger partial charge in [-0.3, -0.25) is 11.1 Å². The Bertz CT molecular complexity index is 74.4. The second-order valence-corrected chi connectivity index (χ2v) is 1.57. The van der Waals surface area contributed by atoms with Crippen LogP contribution in [0.5, 0.6) is 0 Å². The quantitative estimate of drug-likeness (QED) is 0.284. The van der Waals surface area contributed by atoms with E-state index >= 15 is 0 Å². The summed E-state index contributed by atoms with van der Waals surface area (Å²) < 4.78 is 4.72. The molecule has 0 aromatic carbocycles. The highest BCUT2D eigenvalue weighted by Crippen LogP contribution is 1.81. The van der Waals surface area contributed by atoms with Crippen molar-refractivity contribution in [1.29, 1.82) is 0 Å². The summed E-state index contributed by atoms with van der Waals surface area (Å²) in [5, 5.41) is 4.97. The van der Waals surface area contributed by atoms with Crippen LogP contribution in [0.3, 0.4) is 0 Å². The number of ether oxygens (including phenoxy) is 1. The van der Waals surface area contributed by atoms with Crippen LogP contribution in [0.2, 0.25) is 0 Å². The van der Waals surface area contributed by atoms with Gasteiger partial charge in [0.25, 0.3) is 0 Å². The van der Waals surface area contributed by atoms with Crippen LogP contribution in [0.4, 0.5) is 0 Å². The first-order valence-electron chi connectivity index (χ1n) is 2.17. The van der Waals surface area contributed by atoms with Gasteiger partial charge in [0.05, 0.1) is 0 Å². The molecule has 0 spiro atoms. The standard InChI is InChI=1S/C4H10N2O.ClH/c1-3(2)7-4(5)6;/h3H,1-2H3,(H3,5,6);1H. The fourth-order valence-electron chi connectivity index (χ4n) is 0.272. The van der Waals surface area contributed by atoms with E-state index in [0.29, 0.717) is 0 Å². The van der Waals surface area contributed by atoms with Crippen LogP contribution in [0, 0.1) is 0 Å². The van der Waals surface area contributed by atoms with Gasteiger partial charge in [-0.2, -0.15) is 0 Å². The Balaban J connectivity index is 0. The first-order valence-corrected chi connectivity index (χ1v) is 2.17. The van der Waals surface area contributed by atoms with Crippen molar-refractivity contribution in [2.45, 2.75) is 20.0 Å². The molecule has 0 radical (unpaired) electrons. The fourth-order valence-corrected chi connectivity index (χ4v) is 0.272. The van der Waals surface area contributed by atoms with Crippen LogP contribution in [0.15, 0.2) is 0 Å². The van der Waals surface area contributed by atoms with Gasteiger partial charge < -0.3 is 17.1 Å². The van der Waals surface area contributed by atoms with Gasteiger partial charge in [0.15, 0.2) is 0 Å². The van der Waals surface area contributed by atoms with Crippen molar-refractivity contribution >= 4 is 6.02 Å². The molecule has 0 aromatic rings. The molecule has 0 saturated carbocycles. The van der Waals surface area contributed by atoms with E-state index in [1.165, 1.54) is 0 Å². The second kappa shape index (κ2) is 4.71. The lowest BCUT2D eigenvalue weighted by Crippen LogP contribution is -3.00. The number of rotatable bonds is 1. The predicted molar refractivity (Wildman–Crippen MR) is 27.3 cm³/mol. The number of halogens is 1. The molecule has 0 bridgehead atoms. The van der Waals surface area contributed by atoms with E-state index in [9.17, 15) is 0 Å². The Morgan fingerprint density at radius 3 is 2.00 bits per heavy atom. The van der Waals surface area contributed by atoms with E-state index < -0.39 is 0 Å². The van der Waals surface area contributed by atoms with Gasteiger partial charge in [-0.25, -0.2) is 0 Å². The molecule has 0 aromatic heterocycles. The predicted octanol–water partition coefficient (Wildman–Crippen LogP) is -4.51. The third-order valence-corrected chi connectivity index (χ3v) is 0.372. The van der Waals surface area contributed by atoms with Crippen molar-refractivity contribution in [2.75, 3.05) is 0 Å². The molecule has 0 heterocycles. The van der Waals surface area contributed by atoms with Gasteiger partial charge >= 0.3 is 6.02 Å². The maximum absolute atomic E-state index is 4.97. The summed E-state index contributed by atoms with van der Waals surface area (Å²) in [5.41, 5.74) is 4.97. The van der Waals surface area contributed by atoms with Gasteiger partial charge in [-0.15, -0.1) is 0 Å². The zero-order valence-electron chi connectivity index (χ0n) is 5.02. The molecule has 8 heavy (non-hydrogen) atoms. The summed E-state index contributed by atoms with van der Waals surface area (Å²) in [6, 6.07) is 0.0370. The molecule has 0 atom stereocenters. The molecule has 0 aliphatic heterocycles. The van der Waals surface area contributed by atoms with Crippen molar-refractivity contribution in [3.63, 3.8) is 0 Å². The molecule has 50 valence electrons. The maximum Gasteiger partial charge on any atom is 0.437 e. The molecule has 0 unspecified atom stereocenters. The molecule has 0 amide bonds. The molecule has 0 aliphatic rings. The fraction of sp³-hybridized carbons (Fsp3) is 0.750. The van der Waals surface area contributed by atoms with Crippen LogP contribution in [0.1, 0.15) is 13.8 Å². The third-order valence-electron chi connectivity index (χ3n) is 0.372. The monoisotopic (exact) mass is 138 g/mol. The van der Waals surface area contributed by atoms with Gasteiger partial charge in [0.2, 0.25) is 0 Å². The summed E-state index contributed by atoms with van der Waals surface area (Å²) >= 11 is 0. The van der Waals surface area contributed by atoms with Crippen LogP contribution in [-0.2, 0) is 4.74 Å². The Morgan fingerprint density at radius 1 is 1.62 bits per heavy atom. The Labute approximate surface area is 55.1 Å². The first-order chi connectivity index (χ1) is 3.13. The van der Waals surface area contributed by atoms with Crippen LogP contribution < -0.4 is 23.5 Å². The van der Waals surface area contributed by atoms with Crippen LogP contribution >= 0.6 is 0 Å². The van der Waals surface area contributed by atoms with Crippen LogP contribution in [0.25, 0.3) is 0 Å². The highest BCUT2D eigenvalue weighted by molar-refractivity contribution is 5.64. The van der Waals surface area contributed by atoms with Crippen molar-refractivity contribution in [3.05, 3.63) is 0 Å². The summed E-state index contributed by atoms with van der Waals surface area (Å²) in [5.74, 6) is 0. The molecule has 0 fully saturated rings. The molecule has 3 nitrogen and oxygen atoms in total. The molecule has 4 heteroatoms. The Kier molecular flexibility index (Phi) is 6.20. The molecule has 4 N–H and O–H groups in total. The lowest BCUT2D eigenvalue weighted by molar-refractivity contribution is -0.145. The SMILES string of the molecule is CC(C)OC(N)=[NH2+].[Cl-]. The minimum absolute atomic E-state index is 0. The van der Waals surface area contributed by atoms with Gasteiger partial charge in [0.1, 0.15) is 6.10 Å². The van der Waals surface area contributed by atoms with E-state index in [0.717, 1.165) is 0 Å². The average Bonchev–Trinajstić information content (AvgIpc) is 1.27. The summed E-state index contributed by atoms with van der Waals surface area (Å²) in [6.07, 6.45) is 0.0880. The zero-order valence-corrected chi connectivity index (χ0v) is 5.77. The number of hydrogen-bond donors (Lipinski definition) is 2. The lowest BCUT2D eigenvalue weighted by atomic mass is 10.5. The highest BCUT2D eigenvalue weighted by Gasteiger charge is 1.96. The van der Waals surface area contributed by atoms with Crippen molar-refractivity contribution in [3.8, 4) is 0 Å². The normalized spacial score (nSPS) is 7.88. The minimum atomic E-state index is 0. The van der Waals surface area contributed by atoms with E-state index in [1.807, 2.05) is 13.8 Å². The van der Waals surface area contributed by atoms with Gasteiger partial charge in [-0.05, 0) is 13.8 Å². The van der Waals surface area contributed by atoms with Crippen molar-refractivity contribution < 1.29 is 22.6 Å². The third kappa shape index (κ3) is 9.12. The average molecular weight is 139 g/mol. The first kappa shape index (κ1) is 10.5. The molecule has 0 saturated heterocycles. The maximum atomic E-state index is 4.97. The Morgan fingerprint density at radius 2 is 2.00 bits per heavy atom. The molecular weight excluding hydrogens is 128 g/mol. The highest BCUT2D eigenvalue weighted by atomic mass is 35.5. The summed E-state index contributed by atoms with van der Waals surface area (Å²) in [7, 11) is 0. The largest absolute Gasteiger partial charge is 1.00 e. The number of hydrogen-bond acceptors (Lipinski definition) is 1. The summed E-state index contributed by atoms with van der Waals surface area (Å²) in [6.45, 7) is 3.72. The van der Waals surface area contributed by atoms with E-state index in [4.69, 9.17) is 15.9 Å². The van der Waals surface area contributed by atoms with E-state index in [-0.39, 0.29) is 24.5 Å². The van der Waals surface area contributed by atoms with Gasteiger partial charge in [0, 0.05) is 0 Å². The molecular formula is C4H11ClN2O. The Hall–Kier alpha value is -0.440. The molecule has 0 aliphatic carbocycles. The smallest absolute Gasteiger partial charge is 0.437 e. The minimum Gasteiger partial charge on any atom is -1.00 e. The van der Waals surface area contributed by atoms with E-state index in [1.54, 1.807) is 0 Å². The second-order valence-electron chi connectivity index (χ2n) is 1.57. The summed E-state index contributed by atoms with van der Waals surface area (Å²) in [4.78, 5) is 0. The lowest BCUT2D eigenvalue weighted by Gasteiger charge is -1.99. The number of amidine groups is 1. The van der Waals surface area contributed by atoms with Crippen molar-refractivity contribution in [1.82, 2.24) is 0 Å². The van der Waals surface area contributed by atoms with Crippen molar-refractivity contribution in [2.24, 2.45) is 5.73 Å².